The van der Waals surface area contributed by atoms with Crippen LogP contribution < -0.4 is 0 Å². The standard InChI is InChI=1S/C12H9BrF2N2O/c1-17-6-7(5-16-17)4-10(18)8-2-3-9(14)12(15)11(8)13/h2-3,5-6H,4H2,1H3. The maximum atomic E-state index is 13.3. The summed E-state index contributed by atoms with van der Waals surface area (Å²) in [6.45, 7) is 0. The van der Waals surface area contributed by atoms with E-state index in [1.807, 2.05) is 0 Å². The molecule has 0 radical (unpaired) electrons. The van der Waals surface area contributed by atoms with Crippen molar-refractivity contribution in [2.45, 2.75) is 6.42 Å². The first-order chi connectivity index (χ1) is 8.49. The lowest BCUT2D eigenvalue weighted by Gasteiger charge is -2.04. The van der Waals surface area contributed by atoms with Crippen LogP contribution in [0.15, 0.2) is 29.0 Å². The highest BCUT2D eigenvalue weighted by Crippen LogP contribution is 2.24. The van der Waals surface area contributed by atoms with Gasteiger partial charge in [0.1, 0.15) is 0 Å². The first-order valence-corrected chi connectivity index (χ1v) is 5.92. The van der Waals surface area contributed by atoms with Gasteiger partial charge in [0.2, 0.25) is 0 Å². The second kappa shape index (κ2) is 4.97. The topological polar surface area (TPSA) is 34.9 Å². The van der Waals surface area contributed by atoms with E-state index in [0.29, 0.717) is 0 Å². The molecule has 1 aromatic carbocycles. The van der Waals surface area contributed by atoms with Crippen LogP contribution >= 0.6 is 15.9 Å². The Morgan fingerprint density at radius 2 is 2.17 bits per heavy atom. The van der Waals surface area contributed by atoms with Gasteiger partial charge < -0.3 is 0 Å². The summed E-state index contributed by atoms with van der Waals surface area (Å²) in [4.78, 5) is 12.0. The summed E-state index contributed by atoms with van der Waals surface area (Å²) in [5.41, 5.74) is 0.844. The monoisotopic (exact) mass is 314 g/mol. The minimum Gasteiger partial charge on any atom is -0.294 e. The van der Waals surface area contributed by atoms with Gasteiger partial charge in [-0.1, -0.05) is 0 Å². The molecule has 1 heterocycles. The Morgan fingerprint density at radius 1 is 1.44 bits per heavy atom. The molecule has 2 rings (SSSR count). The molecule has 0 unspecified atom stereocenters. The Morgan fingerprint density at radius 3 is 2.78 bits per heavy atom. The molecule has 1 aromatic heterocycles. The fourth-order valence-electron chi connectivity index (χ4n) is 1.59. The van der Waals surface area contributed by atoms with Crippen LogP contribution in [0.5, 0.6) is 0 Å². The van der Waals surface area contributed by atoms with Crippen LogP contribution in [0.1, 0.15) is 15.9 Å². The van der Waals surface area contributed by atoms with Crippen molar-refractivity contribution < 1.29 is 13.6 Å². The van der Waals surface area contributed by atoms with E-state index in [1.165, 1.54) is 6.07 Å². The van der Waals surface area contributed by atoms with E-state index in [9.17, 15) is 13.6 Å². The van der Waals surface area contributed by atoms with Gasteiger partial charge in [0.25, 0.3) is 0 Å². The number of benzene rings is 1. The van der Waals surface area contributed by atoms with Gasteiger partial charge in [-0.15, -0.1) is 0 Å². The molecule has 0 aliphatic heterocycles. The van der Waals surface area contributed by atoms with Gasteiger partial charge in [0, 0.05) is 25.2 Å². The molecular formula is C12H9BrF2N2O. The number of carbonyl (C=O) groups excluding carboxylic acids is 1. The minimum atomic E-state index is -1.05. The van der Waals surface area contributed by atoms with Crippen molar-refractivity contribution in [2.75, 3.05) is 0 Å². The van der Waals surface area contributed by atoms with E-state index in [2.05, 4.69) is 21.0 Å². The summed E-state index contributed by atoms with van der Waals surface area (Å²) in [6, 6.07) is 2.21. The number of Topliss-reactive ketones (excluding diaryl/α,β-unsaturated/α-hetero) is 1. The molecule has 0 aliphatic rings. The average molecular weight is 315 g/mol. The molecule has 0 aliphatic carbocycles. The molecule has 0 saturated carbocycles. The van der Waals surface area contributed by atoms with Crippen LogP contribution in [0.2, 0.25) is 0 Å². The highest BCUT2D eigenvalue weighted by Gasteiger charge is 2.17. The number of hydrogen-bond donors (Lipinski definition) is 0. The Hall–Kier alpha value is -1.56. The van der Waals surface area contributed by atoms with Gasteiger partial charge >= 0.3 is 0 Å². The first kappa shape index (κ1) is 12.9. The number of hydrogen-bond acceptors (Lipinski definition) is 2. The highest BCUT2D eigenvalue weighted by molar-refractivity contribution is 9.10. The van der Waals surface area contributed by atoms with E-state index in [1.54, 1.807) is 24.1 Å². The van der Waals surface area contributed by atoms with Crippen molar-refractivity contribution in [1.82, 2.24) is 9.78 Å². The van der Waals surface area contributed by atoms with Gasteiger partial charge in [0.15, 0.2) is 17.4 Å². The Labute approximate surface area is 111 Å². The van der Waals surface area contributed by atoms with Gasteiger partial charge in [-0.05, 0) is 33.6 Å². The maximum absolute atomic E-state index is 13.3. The Kier molecular flexibility index (Phi) is 3.56. The van der Waals surface area contributed by atoms with Crippen LogP contribution in [-0.4, -0.2) is 15.6 Å². The molecule has 18 heavy (non-hydrogen) atoms. The lowest BCUT2D eigenvalue weighted by molar-refractivity contribution is 0.0991. The van der Waals surface area contributed by atoms with Gasteiger partial charge in [-0.3, -0.25) is 9.48 Å². The van der Waals surface area contributed by atoms with Gasteiger partial charge in [0.05, 0.1) is 10.7 Å². The number of aryl methyl sites for hydroxylation is 1. The van der Waals surface area contributed by atoms with Crippen molar-refractivity contribution >= 4 is 21.7 Å². The first-order valence-electron chi connectivity index (χ1n) is 5.13. The fraction of sp³-hybridized carbons (Fsp3) is 0.167. The SMILES string of the molecule is Cn1cc(CC(=O)c2ccc(F)c(F)c2Br)cn1. The van der Waals surface area contributed by atoms with Crippen molar-refractivity contribution in [3.63, 3.8) is 0 Å². The van der Waals surface area contributed by atoms with Crippen LogP contribution in [0.25, 0.3) is 0 Å². The Balaban J connectivity index is 2.27. The molecule has 0 amide bonds. The normalized spacial score (nSPS) is 10.7. The summed E-state index contributed by atoms with van der Waals surface area (Å²) < 4.78 is 27.7. The third-order valence-corrected chi connectivity index (χ3v) is 3.23. The minimum absolute atomic E-state index is 0.0948. The third-order valence-electron chi connectivity index (χ3n) is 2.46. The number of halogens is 3. The summed E-state index contributed by atoms with van der Waals surface area (Å²) in [5.74, 6) is -2.33. The van der Waals surface area contributed by atoms with E-state index in [4.69, 9.17) is 0 Å². The van der Waals surface area contributed by atoms with Crippen molar-refractivity contribution in [1.29, 1.82) is 0 Å². The molecule has 0 bridgehead atoms. The third kappa shape index (κ3) is 2.48. The van der Waals surface area contributed by atoms with E-state index < -0.39 is 11.6 Å². The predicted molar refractivity (Wildman–Crippen MR) is 65.3 cm³/mol. The number of carbonyl (C=O) groups is 1. The molecule has 0 N–H and O–H groups in total. The van der Waals surface area contributed by atoms with Crippen molar-refractivity contribution in [3.05, 3.63) is 51.8 Å². The average Bonchev–Trinajstić information content (AvgIpc) is 2.71. The molecule has 2 aromatic rings. The predicted octanol–water partition coefficient (Wildman–Crippen LogP) is 2.89. The molecule has 6 heteroatoms. The molecular weight excluding hydrogens is 306 g/mol. The molecule has 0 atom stereocenters. The quantitative estimate of drug-likeness (QED) is 0.645. The number of aromatic nitrogens is 2. The summed E-state index contributed by atoms with van der Waals surface area (Å²) in [7, 11) is 1.74. The zero-order valence-corrected chi connectivity index (χ0v) is 11.0. The molecule has 3 nitrogen and oxygen atoms in total. The molecule has 0 fully saturated rings. The number of nitrogens with zero attached hydrogens (tertiary/aromatic N) is 2. The highest BCUT2D eigenvalue weighted by atomic mass is 79.9. The zero-order chi connectivity index (χ0) is 13.3. The summed E-state index contributed by atoms with van der Waals surface area (Å²) in [6.07, 6.45) is 3.36. The maximum Gasteiger partial charge on any atom is 0.173 e. The lowest BCUT2D eigenvalue weighted by atomic mass is 10.1. The van der Waals surface area contributed by atoms with Crippen LogP contribution in [0.3, 0.4) is 0 Å². The number of rotatable bonds is 3. The molecule has 0 saturated heterocycles. The molecule has 94 valence electrons. The Bertz CT molecular complexity index is 610. The van der Waals surface area contributed by atoms with Gasteiger partial charge in [-0.2, -0.15) is 5.10 Å². The van der Waals surface area contributed by atoms with Crippen LogP contribution in [-0.2, 0) is 13.5 Å². The van der Waals surface area contributed by atoms with E-state index in [-0.39, 0.29) is 22.2 Å². The van der Waals surface area contributed by atoms with Crippen molar-refractivity contribution in [3.8, 4) is 0 Å². The summed E-state index contributed by atoms with van der Waals surface area (Å²) >= 11 is 2.89. The second-order valence-corrected chi connectivity index (χ2v) is 4.64. The van der Waals surface area contributed by atoms with Crippen LogP contribution in [0.4, 0.5) is 8.78 Å². The lowest BCUT2D eigenvalue weighted by Crippen LogP contribution is -2.06. The van der Waals surface area contributed by atoms with Gasteiger partial charge in [-0.25, -0.2) is 8.78 Å². The summed E-state index contributed by atoms with van der Waals surface area (Å²) in [5, 5.41) is 3.94. The van der Waals surface area contributed by atoms with E-state index >= 15 is 0 Å². The fourth-order valence-corrected chi connectivity index (χ4v) is 2.13. The largest absolute Gasteiger partial charge is 0.294 e. The second-order valence-electron chi connectivity index (χ2n) is 3.85. The zero-order valence-electron chi connectivity index (χ0n) is 9.45. The van der Waals surface area contributed by atoms with E-state index in [0.717, 1.165) is 11.6 Å². The number of ketones is 1. The molecule has 0 spiro atoms. The van der Waals surface area contributed by atoms with Crippen molar-refractivity contribution in [2.24, 2.45) is 7.05 Å². The van der Waals surface area contributed by atoms with Crippen LogP contribution in [0, 0.1) is 11.6 Å². The smallest absolute Gasteiger partial charge is 0.173 e.